The lowest BCUT2D eigenvalue weighted by Gasteiger charge is -2.35. The van der Waals surface area contributed by atoms with Crippen molar-refractivity contribution in [3.63, 3.8) is 0 Å². The van der Waals surface area contributed by atoms with E-state index in [0.29, 0.717) is 17.9 Å². The standard InChI is InChI=1S/C17H23FN6/c1-2-13-16(18)17(20-11-19-13)24-8-6-23(7-9-24)10-15-12-4-3-5-14(12)21-22-15/h11H,2-10H2,1H3,(H,21,22). The van der Waals surface area contributed by atoms with Gasteiger partial charge in [0, 0.05) is 38.4 Å². The quantitative estimate of drug-likeness (QED) is 0.925. The largest absolute Gasteiger partial charge is 0.352 e. The lowest BCUT2D eigenvalue weighted by Crippen LogP contribution is -2.46. The van der Waals surface area contributed by atoms with Gasteiger partial charge in [0.1, 0.15) is 6.33 Å². The predicted octanol–water partition coefficient (Wildman–Crippen LogP) is 1.71. The molecule has 0 unspecified atom stereocenters. The van der Waals surface area contributed by atoms with Crippen molar-refractivity contribution in [3.05, 3.63) is 34.8 Å². The van der Waals surface area contributed by atoms with Crippen molar-refractivity contribution in [1.82, 2.24) is 25.1 Å². The number of hydrogen-bond acceptors (Lipinski definition) is 5. The molecule has 1 saturated heterocycles. The Kier molecular flexibility index (Phi) is 4.18. The summed E-state index contributed by atoms with van der Waals surface area (Å²) in [6.07, 6.45) is 5.56. The van der Waals surface area contributed by atoms with Gasteiger partial charge >= 0.3 is 0 Å². The summed E-state index contributed by atoms with van der Waals surface area (Å²) in [4.78, 5) is 12.6. The number of rotatable bonds is 4. The summed E-state index contributed by atoms with van der Waals surface area (Å²) in [5, 5.41) is 7.66. The van der Waals surface area contributed by atoms with Crippen LogP contribution in [0.5, 0.6) is 0 Å². The number of fused-ring (bicyclic) bond motifs is 1. The third kappa shape index (κ3) is 2.77. The Morgan fingerprint density at radius 1 is 1.12 bits per heavy atom. The Morgan fingerprint density at radius 3 is 2.75 bits per heavy atom. The number of aryl methyl sites for hydroxylation is 2. The van der Waals surface area contributed by atoms with E-state index in [1.54, 1.807) is 0 Å². The first kappa shape index (κ1) is 15.5. The molecule has 6 nitrogen and oxygen atoms in total. The van der Waals surface area contributed by atoms with Crippen molar-refractivity contribution in [2.75, 3.05) is 31.1 Å². The molecular formula is C17H23FN6. The van der Waals surface area contributed by atoms with Gasteiger partial charge in [0.15, 0.2) is 11.6 Å². The molecule has 0 spiro atoms. The van der Waals surface area contributed by atoms with Crippen molar-refractivity contribution < 1.29 is 4.39 Å². The molecule has 1 aliphatic carbocycles. The van der Waals surface area contributed by atoms with E-state index in [1.807, 2.05) is 11.8 Å². The second kappa shape index (κ2) is 6.47. The van der Waals surface area contributed by atoms with Gasteiger partial charge in [0.25, 0.3) is 0 Å². The maximum Gasteiger partial charge on any atom is 0.187 e. The van der Waals surface area contributed by atoms with E-state index in [2.05, 4.69) is 25.1 Å². The number of halogens is 1. The monoisotopic (exact) mass is 330 g/mol. The van der Waals surface area contributed by atoms with Crippen LogP contribution in [0, 0.1) is 5.82 Å². The maximum atomic E-state index is 14.4. The van der Waals surface area contributed by atoms with Crippen molar-refractivity contribution >= 4 is 5.82 Å². The molecule has 0 radical (unpaired) electrons. The summed E-state index contributed by atoms with van der Waals surface area (Å²) in [6.45, 7) is 6.15. The summed E-state index contributed by atoms with van der Waals surface area (Å²) in [5.74, 6) is 0.181. The molecule has 0 atom stereocenters. The van der Waals surface area contributed by atoms with Gasteiger partial charge in [-0.3, -0.25) is 10.00 Å². The highest BCUT2D eigenvalue weighted by molar-refractivity contribution is 5.41. The number of nitrogens with zero attached hydrogens (tertiary/aromatic N) is 5. The summed E-state index contributed by atoms with van der Waals surface area (Å²) in [5.41, 5.74) is 4.43. The van der Waals surface area contributed by atoms with Crippen LogP contribution in [0.1, 0.15) is 36.0 Å². The molecule has 1 fully saturated rings. The highest BCUT2D eigenvalue weighted by Crippen LogP contribution is 2.25. The number of anilines is 1. The minimum absolute atomic E-state index is 0.265. The van der Waals surface area contributed by atoms with Crippen molar-refractivity contribution in [3.8, 4) is 0 Å². The van der Waals surface area contributed by atoms with Crippen LogP contribution in [0.15, 0.2) is 6.33 Å². The van der Waals surface area contributed by atoms with Crippen molar-refractivity contribution in [2.45, 2.75) is 39.2 Å². The molecule has 24 heavy (non-hydrogen) atoms. The van der Waals surface area contributed by atoms with Gasteiger partial charge in [-0.05, 0) is 31.2 Å². The topological polar surface area (TPSA) is 60.9 Å². The molecule has 1 aliphatic heterocycles. The highest BCUT2D eigenvalue weighted by atomic mass is 19.1. The minimum atomic E-state index is -0.265. The van der Waals surface area contributed by atoms with E-state index >= 15 is 0 Å². The zero-order chi connectivity index (χ0) is 16.5. The second-order valence-electron chi connectivity index (χ2n) is 6.56. The SMILES string of the molecule is CCc1ncnc(N2CCN(Cc3n[nH]c4c3CCC4)CC2)c1F. The van der Waals surface area contributed by atoms with E-state index in [0.717, 1.165) is 45.6 Å². The van der Waals surface area contributed by atoms with Gasteiger partial charge in [-0.2, -0.15) is 5.10 Å². The van der Waals surface area contributed by atoms with Gasteiger partial charge in [0.05, 0.1) is 11.4 Å². The Bertz CT molecular complexity index is 720. The first-order valence-corrected chi connectivity index (χ1v) is 8.78. The van der Waals surface area contributed by atoms with E-state index in [1.165, 1.54) is 29.7 Å². The summed E-state index contributed by atoms with van der Waals surface area (Å²) in [6, 6.07) is 0. The molecule has 0 saturated carbocycles. The summed E-state index contributed by atoms with van der Waals surface area (Å²) < 4.78 is 14.4. The third-order valence-electron chi connectivity index (χ3n) is 5.12. The zero-order valence-corrected chi connectivity index (χ0v) is 14.1. The summed E-state index contributed by atoms with van der Waals surface area (Å²) in [7, 11) is 0. The van der Waals surface area contributed by atoms with Crippen LogP contribution in [0.3, 0.4) is 0 Å². The molecule has 7 heteroatoms. The van der Waals surface area contributed by atoms with Crippen molar-refractivity contribution in [1.29, 1.82) is 0 Å². The highest BCUT2D eigenvalue weighted by Gasteiger charge is 2.24. The van der Waals surface area contributed by atoms with Crippen LogP contribution in [-0.2, 0) is 25.8 Å². The Labute approximate surface area is 141 Å². The van der Waals surface area contributed by atoms with Crippen LogP contribution in [0.4, 0.5) is 10.2 Å². The average molecular weight is 330 g/mol. The van der Waals surface area contributed by atoms with E-state index in [4.69, 9.17) is 0 Å². The fraction of sp³-hybridized carbons (Fsp3) is 0.588. The first-order valence-electron chi connectivity index (χ1n) is 8.78. The Balaban J connectivity index is 1.40. The molecule has 4 rings (SSSR count). The fourth-order valence-corrected chi connectivity index (χ4v) is 3.71. The molecule has 2 aliphatic rings. The lowest BCUT2D eigenvalue weighted by atomic mass is 10.2. The second-order valence-corrected chi connectivity index (χ2v) is 6.56. The average Bonchev–Trinajstić information content (AvgIpc) is 3.21. The molecule has 2 aromatic rings. The molecule has 0 amide bonds. The van der Waals surface area contributed by atoms with Gasteiger partial charge < -0.3 is 4.90 Å². The lowest BCUT2D eigenvalue weighted by molar-refractivity contribution is 0.245. The zero-order valence-electron chi connectivity index (χ0n) is 14.1. The smallest absolute Gasteiger partial charge is 0.187 e. The molecular weight excluding hydrogens is 307 g/mol. The van der Waals surface area contributed by atoms with Gasteiger partial charge in [-0.15, -0.1) is 0 Å². The van der Waals surface area contributed by atoms with E-state index < -0.39 is 0 Å². The third-order valence-corrected chi connectivity index (χ3v) is 5.12. The normalized spacial score (nSPS) is 18.2. The molecule has 1 N–H and O–H groups in total. The van der Waals surface area contributed by atoms with Crippen LogP contribution >= 0.6 is 0 Å². The molecule has 2 aromatic heterocycles. The Morgan fingerprint density at radius 2 is 1.96 bits per heavy atom. The minimum Gasteiger partial charge on any atom is -0.352 e. The number of piperazine rings is 1. The molecule has 128 valence electrons. The number of aromatic nitrogens is 4. The molecule has 3 heterocycles. The van der Waals surface area contributed by atoms with Crippen molar-refractivity contribution in [2.24, 2.45) is 0 Å². The number of hydrogen-bond donors (Lipinski definition) is 1. The fourth-order valence-electron chi connectivity index (χ4n) is 3.71. The van der Waals surface area contributed by atoms with E-state index in [-0.39, 0.29) is 5.82 Å². The summed E-state index contributed by atoms with van der Waals surface area (Å²) >= 11 is 0. The van der Waals surface area contributed by atoms with Gasteiger partial charge in [0.2, 0.25) is 0 Å². The predicted molar refractivity (Wildman–Crippen MR) is 89.5 cm³/mol. The van der Waals surface area contributed by atoms with Crippen LogP contribution < -0.4 is 4.90 Å². The maximum absolute atomic E-state index is 14.4. The number of aromatic amines is 1. The van der Waals surface area contributed by atoms with Gasteiger partial charge in [-0.25, -0.2) is 14.4 Å². The van der Waals surface area contributed by atoms with E-state index in [9.17, 15) is 4.39 Å². The molecule has 0 bridgehead atoms. The molecule has 0 aromatic carbocycles. The number of nitrogens with one attached hydrogen (secondary N) is 1. The Hall–Kier alpha value is -2.02. The van der Waals surface area contributed by atoms with Crippen LogP contribution in [0.25, 0.3) is 0 Å². The number of H-pyrrole nitrogens is 1. The van der Waals surface area contributed by atoms with Gasteiger partial charge in [-0.1, -0.05) is 6.92 Å². The van der Waals surface area contributed by atoms with Crippen LogP contribution in [0.2, 0.25) is 0 Å². The van der Waals surface area contributed by atoms with Crippen LogP contribution in [-0.4, -0.2) is 51.2 Å². The first-order chi connectivity index (χ1) is 11.8.